The quantitative estimate of drug-likeness (QED) is 0.701. The highest BCUT2D eigenvalue weighted by atomic mass is 19.1. The number of phenolic OH excluding ortho intramolecular Hbond substituents is 1. The van der Waals surface area contributed by atoms with Gasteiger partial charge in [-0.2, -0.15) is 0 Å². The number of carbonyl (C=O) groups is 3. The van der Waals surface area contributed by atoms with Crippen molar-refractivity contribution in [2.24, 2.45) is 0 Å². The van der Waals surface area contributed by atoms with E-state index in [0.29, 0.717) is 0 Å². The van der Waals surface area contributed by atoms with Gasteiger partial charge in [-0.05, 0) is 19.1 Å². The average Bonchev–Trinajstić information content (AvgIpc) is 2.33. The number of aromatic hydroxyl groups is 1. The number of imide groups is 1. The molecule has 1 unspecified atom stereocenters. The summed E-state index contributed by atoms with van der Waals surface area (Å²) in [5.74, 6) is -3.11. The minimum Gasteiger partial charge on any atom is -0.507 e. The van der Waals surface area contributed by atoms with E-state index in [9.17, 15) is 23.9 Å². The molecule has 100 valence electrons. The van der Waals surface area contributed by atoms with Crippen LogP contribution < -0.4 is 5.32 Å². The first kappa shape index (κ1) is 13.0. The van der Waals surface area contributed by atoms with Crippen LogP contribution in [0.25, 0.3) is 0 Å². The topological polar surface area (TPSA) is 86.7 Å². The zero-order valence-corrected chi connectivity index (χ0v) is 10.0. The molecule has 0 spiro atoms. The van der Waals surface area contributed by atoms with Gasteiger partial charge in [0.15, 0.2) is 0 Å². The predicted octanol–water partition coefficient (Wildman–Crippen LogP) is 0.0184. The summed E-state index contributed by atoms with van der Waals surface area (Å²) in [5, 5.41) is 11.6. The lowest BCUT2D eigenvalue weighted by Gasteiger charge is -2.31. The summed E-state index contributed by atoms with van der Waals surface area (Å²) in [6.45, 7) is 1.17. The summed E-state index contributed by atoms with van der Waals surface area (Å²) in [6, 6.07) is 2.08. The molecule has 1 atom stereocenters. The Kier molecular flexibility index (Phi) is 3.20. The molecular weight excluding hydrogens is 255 g/mol. The molecule has 1 fully saturated rings. The van der Waals surface area contributed by atoms with Crippen molar-refractivity contribution in [1.29, 1.82) is 0 Å². The maximum absolute atomic E-state index is 12.9. The zero-order chi connectivity index (χ0) is 14.2. The molecule has 0 aromatic heterocycles. The van der Waals surface area contributed by atoms with Gasteiger partial charge in [0, 0.05) is 6.07 Å². The molecule has 2 rings (SSSR count). The van der Waals surface area contributed by atoms with Crippen LogP contribution in [-0.2, 0) is 9.59 Å². The molecule has 0 aliphatic carbocycles. The Labute approximate surface area is 107 Å². The normalized spacial score (nSPS) is 19.3. The highest BCUT2D eigenvalue weighted by molar-refractivity contribution is 6.07. The van der Waals surface area contributed by atoms with Crippen LogP contribution in [0.5, 0.6) is 5.75 Å². The summed E-state index contributed by atoms with van der Waals surface area (Å²) < 4.78 is 12.9. The minimum absolute atomic E-state index is 0.157. The fourth-order valence-corrected chi connectivity index (χ4v) is 1.80. The third kappa shape index (κ3) is 2.40. The number of piperazine rings is 1. The van der Waals surface area contributed by atoms with Gasteiger partial charge in [0.05, 0.1) is 5.56 Å². The Morgan fingerprint density at radius 3 is 2.79 bits per heavy atom. The lowest BCUT2D eigenvalue weighted by atomic mass is 10.1. The largest absolute Gasteiger partial charge is 0.507 e. The number of halogens is 1. The molecule has 1 aliphatic rings. The predicted molar refractivity (Wildman–Crippen MR) is 61.7 cm³/mol. The van der Waals surface area contributed by atoms with Gasteiger partial charge in [-0.3, -0.25) is 19.7 Å². The monoisotopic (exact) mass is 266 g/mol. The maximum atomic E-state index is 12.9. The number of hydrogen-bond acceptors (Lipinski definition) is 4. The summed E-state index contributed by atoms with van der Waals surface area (Å²) in [4.78, 5) is 35.9. The number of rotatable bonds is 1. The highest BCUT2D eigenvalue weighted by Gasteiger charge is 2.34. The van der Waals surface area contributed by atoms with Crippen LogP contribution in [0.4, 0.5) is 4.39 Å². The number of amides is 3. The van der Waals surface area contributed by atoms with E-state index in [1.807, 2.05) is 0 Å². The second-order valence-corrected chi connectivity index (χ2v) is 4.18. The van der Waals surface area contributed by atoms with Crippen molar-refractivity contribution in [2.75, 3.05) is 6.54 Å². The Balaban J connectivity index is 2.32. The molecule has 0 bridgehead atoms. The zero-order valence-electron chi connectivity index (χ0n) is 10.0. The van der Waals surface area contributed by atoms with Crippen LogP contribution >= 0.6 is 0 Å². The van der Waals surface area contributed by atoms with Crippen molar-refractivity contribution in [3.63, 3.8) is 0 Å². The Hall–Kier alpha value is -2.44. The van der Waals surface area contributed by atoms with E-state index < -0.39 is 35.3 Å². The van der Waals surface area contributed by atoms with E-state index in [0.717, 1.165) is 23.1 Å². The summed E-state index contributed by atoms with van der Waals surface area (Å²) in [6.07, 6.45) is 0. The molecule has 3 amide bonds. The standard InChI is InChI=1S/C12H11FN2O4/c1-6-11(18)14-10(17)5-15(6)12(19)8-3-2-7(13)4-9(8)16/h2-4,6,16H,5H2,1H3,(H,14,17,18). The fourth-order valence-electron chi connectivity index (χ4n) is 1.80. The van der Waals surface area contributed by atoms with E-state index in [1.54, 1.807) is 0 Å². The van der Waals surface area contributed by atoms with Crippen molar-refractivity contribution >= 4 is 17.7 Å². The molecule has 0 saturated carbocycles. The smallest absolute Gasteiger partial charge is 0.258 e. The van der Waals surface area contributed by atoms with Crippen LogP contribution in [0.1, 0.15) is 17.3 Å². The molecule has 19 heavy (non-hydrogen) atoms. The van der Waals surface area contributed by atoms with Gasteiger partial charge < -0.3 is 10.0 Å². The molecule has 7 heteroatoms. The van der Waals surface area contributed by atoms with Crippen LogP contribution in [0, 0.1) is 5.82 Å². The van der Waals surface area contributed by atoms with Gasteiger partial charge in [-0.15, -0.1) is 0 Å². The Bertz CT molecular complexity index is 573. The minimum atomic E-state index is -0.838. The summed E-state index contributed by atoms with van der Waals surface area (Å²) in [5.41, 5.74) is -0.157. The second-order valence-electron chi connectivity index (χ2n) is 4.18. The Morgan fingerprint density at radius 2 is 2.16 bits per heavy atom. The number of hydrogen-bond donors (Lipinski definition) is 2. The number of benzene rings is 1. The first-order valence-corrected chi connectivity index (χ1v) is 5.53. The van der Waals surface area contributed by atoms with Crippen LogP contribution in [0.3, 0.4) is 0 Å². The second kappa shape index (κ2) is 4.68. The van der Waals surface area contributed by atoms with Crippen molar-refractivity contribution in [3.8, 4) is 5.75 Å². The van der Waals surface area contributed by atoms with E-state index >= 15 is 0 Å². The van der Waals surface area contributed by atoms with Gasteiger partial charge in [0.25, 0.3) is 5.91 Å². The van der Waals surface area contributed by atoms with Crippen molar-refractivity contribution < 1.29 is 23.9 Å². The van der Waals surface area contributed by atoms with E-state index in [2.05, 4.69) is 5.32 Å². The van der Waals surface area contributed by atoms with Gasteiger partial charge in [-0.25, -0.2) is 4.39 Å². The van der Waals surface area contributed by atoms with Crippen LogP contribution in [0.2, 0.25) is 0 Å². The highest BCUT2D eigenvalue weighted by Crippen LogP contribution is 2.21. The lowest BCUT2D eigenvalue weighted by Crippen LogP contribution is -2.58. The maximum Gasteiger partial charge on any atom is 0.258 e. The third-order valence-electron chi connectivity index (χ3n) is 2.87. The van der Waals surface area contributed by atoms with Crippen LogP contribution in [0.15, 0.2) is 18.2 Å². The van der Waals surface area contributed by atoms with E-state index in [1.165, 1.54) is 6.92 Å². The summed E-state index contributed by atoms with van der Waals surface area (Å²) in [7, 11) is 0. The SMILES string of the molecule is CC1C(=O)NC(=O)CN1C(=O)c1ccc(F)cc1O. The lowest BCUT2D eigenvalue weighted by molar-refractivity contribution is -0.138. The molecule has 2 N–H and O–H groups in total. The van der Waals surface area contributed by atoms with Crippen molar-refractivity contribution in [3.05, 3.63) is 29.6 Å². The molecule has 1 aromatic carbocycles. The van der Waals surface area contributed by atoms with Gasteiger partial charge in [-0.1, -0.05) is 0 Å². The molecule has 6 nitrogen and oxygen atoms in total. The fraction of sp³-hybridized carbons (Fsp3) is 0.250. The molecular formula is C12H11FN2O4. The van der Waals surface area contributed by atoms with E-state index in [4.69, 9.17) is 0 Å². The average molecular weight is 266 g/mol. The van der Waals surface area contributed by atoms with Crippen molar-refractivity contribution in [1.82, 2.24) is 10.2 Å². The molecule has 1 aromatic rings. The first-order valence-electron chi connectivity index (χ1n) is 5.53. The molecule has 0 radical (unpaired) electrons. The number of nitrogens with zero attached hydrogens (tertiary/aromatic N) is 1. The first-order chi connectivity index (χ1) is 8.90. The molecule has 1 saturated heterocycles. The van der Waals surface area contributed by atoms with Gasteiger partial charge in [0.2, 0.25) is 11.8 Å². The Morgan fingerprint density at radius 1 is 1.47 bits per heavy atom. The van der Waals surface area contributed by atoms with E-state index in [-0.39, 0.29) is 12.1 Å². The number of phenols is 1. The van der Waals surface area contributed by atoms with Crippen LogP contribution in [-0.4, -0.2) is 40.3 Å². The van der Waals surface area contributed by atoms with Gasteiger partial charge >= 0.3 is 0 Å². The number of carbonyl (C=O) groups excluding carboxylic acids is 3. The molecule has 1 heterocycles. The summed E-state index contributed by atoms with van der Waals surface area (Å²) >= 11 is 0. The molecule has 1 aliphatic heterocycles. The van der Waals surface area contributed by atoms with Gasteiger partial charge in [0.1, 0.15) is 24.2 Å². The third-order valence-corrected chi connectivity index (χ3v) is 2.87. The van der Waals surface area contributed by atoms with Crippen molar-refractivity contribution in [2.45, 2.75) is 13.0 Å². The number of nitrogens with one attached hydrogen (secondary N) is 1.